The third-order valence-corrected chi connectivity index (χ3v) is 3.97. The number of amides is 2. The Hall–Kier alpha value is -3.35. The quantitative estimate of drug-likeness (QED) is 0.364. The highest BCUT2D eigenvalue weighted by Crippen LogP contribution is 2.11. The molecule has 0 aliphatic rings. The van der Waals surface area contributed by atoms with Crippen LogP contribution >= 0.6 is 0 Å². The summed E-state index contributed by atoms with van der Waals surface area (Å²) in [7, 11) is 0. The molecule has 0 bridgehead atoms. The van der Waals surface area contributed by atoms with Gasteiger partial charge in [-0.3, -0.25) is 25.2 Å². The Morgan fingerprint density at radius 3 is 2.41 bits per heavy atom. The number of hydrazine groups is 1. The Labute approximate surface area is 170 Å². The second-order valence-electron chi connectivity index (χ2n) is 6.51. The van der Waals surface area contributed by atoms with E-state index in [2.05, 4.69) is 10.9 Å². The van der Waals surface area contributed by atoms with Gasteiger partial charge in [-0.25, -0.2) is 0 Å². The van der Waals surface area contributed by atoms with Crippen LogP contribution in [0, 0.1) is 6.92 Å². The molecule has 2 amide bonds. The molecular weight excluding hydrogens is 372 g/mol. The fraction of sp³-hybridized carbons (Fsp3) is 0.318. The summed E-state index contributed by atoms with van der Waals surface area (Å²) in [6.45, 7) is 2.00. The first-order valence-corrected chi connectivity index (χ1v) is 9.49. The summed E-state index contributed by atoms with van der Waals surface area (Å²) in [5.41, 5.74) is 6.70. The highest BCUT2D eigenvalue weighted by atomic mass is 16.5. The number of aryl methyl sites for hydroxylation is 2. The largest absolute Gasteiger partial charge is 0.484 e. The summed E-state index contributed by atoms with van der Waals surface area (Å²) in [5, 5.41) is 0. The van der Waals surface area contributed by atoms with Gasteiger partial charge in [-0.2, -0.15) is 0 Å². The fourth-order valence-electron chi connectivity index (χ4n) is 2.49. The van der Waals surface area contributed by atoms with Crippen molar-refractivity contribution >= 4 is 17.8 Å². The second-order valence-corrected chi connectivity index (χ2v) is 6.51. The minimum atomic E-state index is -0.497. The van der Waals surface area contributed by atoms with Gasteiger partial charge in [0.15, 0.2) is 6.61 Å². The fourth-order valence-corrected chi connectivity index (χ4v) is 2.49. The van der Waals surface area contributed by atoms with E-state index in [4.69, 9.17) is 9.47 Å². The summed E-state index contributed by atoms with van der Waals surface area (Å²) in [6.07, 6.45) is 1.42. The summed E-state index contributed by atoms with van der Waals surface area (Å²) in [5.74, 6) is -0.845. The van der Waals surface area contributed by atoms with Gasteiger partial charge in [-0.05, 0) is 43.0 Å². The lowest BCUT2D eigenvalue weighted by atomic mass is 10.1. The first kappa shape index (κ1) is 21.9. The van der Waals surface area contributed by atoms with Gasteiger partial charge in [0.2, 0.25) is 5.91 Å². The molecule has 0 aliphatic heterocycles. The minimum absolute atomic E-state index is 0.0488. The molecule has 0 heterocycles. The molecule has 0 saturated carbocycles. The predicted octanol–water partition coefficient (Wildman–Crippen LogP) is 2.48. The van der Waals surface area contributed by atoms with Gasteiger partial charge in [0.1, 0.15) is 5.75 Å². The van der Waals surface area contributed by atoms with Crippen LogP contribution in [0.2, 0.25) is 0 Å². The molecule has 2 aromatic rings. The summed E-state index contributed by atoms with van der Waals surface area (Å²) < 4.78 is 10.4. The minimum Gasteiger partial charge on any atom is -0.484 e. The van der Waals surface area contributed by atoms with Gasteiger partial charge in [0, 0.05) is 6.42 Å². The lowest BCUT2D eigenvalue weighted by Crippen LogP contribution is -2.43. The SMILES string of the molecule is Cc1cccc(OCC(=O)NNC(=O)CCC(=O)OCCCc2ccccc2)c1. The van der Waals surface area contributed by atoms with Gasteiger partial charge in [-0.1, -0.05) is 42.5 Å². The van der Waals surface area contributed by atoms with Crippen LogP contribution in [0.1, 0.15) is 30.4 Å². The van der Waals surface area contributed by atoms with Crippen LogP contribution in [0.3, 0.4) is 0 Å². The van der Waals surface area contributed by atoms with E-state index in [0.717, 1.165) is 18.4 Å². The number of carbonyl (C=O) groups excluding carboxylic acids is 3. The van der Waals surface area contributed by atoms with E-state index in [1.54, 1.807) is 12.1 Å². The van der Waals surface area contributed by atoms with E-state index < -0.39 is 17.8 Å². The maximum absolute atomic E-state index is 11.7. The molecule has 0 aliphatic carbocycles. The van der Waals surface area contributed by atoms with Crippen molar-refractivity contribution in [2.75, 3.05) is 13.2 Å². The maximum Gasteiger partial charge on any atom is 0.306 e. The molecule has 7 heteroatoms. The summed E-state index contributed by atoms with van der Waals surface area (Å²) in [6, 6.07) is 17.2. The molecule has 2 rings (SSSR count). The van der Waals surface area contributed by atoms with Crippen LogP contribution in [0.15, 0.2) is 54.6 Å². The van der Waals surface area contributed by atoms with Gasteiger partial charge in [0.25, 0.3) is 5.91 Å². The zero-order chi connectivity index (χ0) is 20.9. The monoisotopic (exact) mass is 398 g/mol. The zero-order valence-corrected chi connectivity index (χ0v) is 16.5. The van der Waals surface area contributed by atoms with E-state index in [0.29, 0.717) is 12.4 Å². The maximum atomic E-state index is 11.7. The molecule has 0 spiro atoms. The highest BCUT2D eigenvalue weighted by molar-refractivity contribution is 5.84. The molecule has 29 heavy (non-hydrogen) atoms. The molecule has 0 fully saturated rings. The Morgan fingerprint density at radius 1 is 0.897 bits per heavy atom. The normalized spacial score (nSPS) is 10.1. The molecule has 0 saturated heterocycles. The van der Waals surface area contributed by atoms with Crippen LogP contribution in [-0.2, 0) is 25.5 Å². The number of hydrogen-bond donors (Lipinski definition) is 2. The van der Waals surface area contributed by atoms with E-state index in [9.17, 15) is 14.4 Å². The van der Waals surface area contributed by atoms with Crippen LogP contribution in [0.25, 0.3) is 0 Å². The molecule has 0 radical (unpaired) electrons. The van der Waals surface area contributed by atoms with Crippen molar-refractivity contribution in [1.82, 2.24) is 10.9 Å². The van der Waals surface area contributed by atoms with Crippen LogP contribution < -0.4 is 15.6 Å². The van der Waals surface area contributed by atoms with Crippen molar-refractivity contribution in [3.63, 3.8) is 0 Å². The van der Waals surface area contributed by atoms with Crippen molar-refractivity contribution in [3.8, 4) is 5.75 Å². The average molecular weight is 398 g/mol. The number of nitrogens with one attached hydrogen (secondary N) is 2. The predicted molar refractivity (Wildman–Crippen MR) is 108 cm³/mol. The van der Waals surface area contributed by atoms with Crippen molar-refractivity contribution < 1.29 is 23.9 Å². The van der Waals surface area contributed by atoms with Crippen LogP contribution in [-0.4, -0.2) is 31.0 Å². The van der Waals surface area contributed by atoms with E-state index >= 15 is 0 Å². The van der Waals surface area contributed by atoms with Crippen molar-refractivity contribution in [2.45, 2.75) is 32.6 Å². The van der Waals surface area contributed by atoms with Crippen molar-refractivity contribution in [3.05, 3.63) is 65.7 Å². The van der Waals surface area contributed by atoms with Crippen LogP contribution in [0.4, 0.5) is 0 Å². The number of ether oxygens (including phenoxy) is 2. The third-order valence-electron chi connectivity index (χ3n) is 3.97. The Morgan fingerprint density at radius 2 is 1.66 bits per heavy atom. The van der Waals surface area contributed by atoms with Crippen LogP contribution in [0.5, 0.6) is 5.75 Å². The van der Waals surface area contributed by atoms with Gasteiger partial charge >= 0.3 is 5.97 Å². The third kappa shape index (κ3) is 9.41. The molecule has 2 N–H and O–H groups in total. The molecule has 0 aromatic heterocycles. The Kier molecular flexibility index (Phi) is 9.21. The highest BCUT2D eigenvalue weighted by Gasteiger charge is 2.09. The smallest absolute Gasteiger partial charge is 0.306 e. The van der Waals surface area contributed by atoms with Crippen molar-refractivity contribution in [1.29, 1.82) is 0 Å². The second kappa shape index (κ2) is 12.2. The van der Waals surface area contributed by atoms with Gasteiger partial charge in [0.05, 0.1) is 13.0 Å². The number of carbonyl (C=O) groups is 3. The zero-order valence-electron chi connectivity index (χ0n) is 16.5. The number of esters is 1. The first-order chi connectivity index (χ1) is 14.0. The Balaban J connectivity index is 1.52. The molecular formula is C22H26N2O5. The lowest BCUT2D eigenvalue weighted by molar-refractivity contribution is -0.145. The number of rotatable bonds is 10. The number of hydrogen-bond acceptors (Lipinski definition) is 5. The standard InChI is InChI=1S/C22H26N2O5/c1-17-7-5-11-19(15-17)29-16-21(26)24-23-20(25)12-13-22(27)28-14-6-10-18-8-3-2-4-9-18/h2-5,7-9,11,15H,6,10,12-14,16H2,1H3,(H,23,25)(H,24,26). The van der Waals surface area contributed by atoms with Crippen molar-refractivity contribution in [2.24, 2.45) is 0 Å². The van der Waals surface area contributed by atoms with E-state index in [1.165, 1.54) is 5.56 Å². The molecule has 2 aromatic carbocycles. The topological polar surface area (TPSA) is 93.7 Å². The Bertz CT molecular complexity index is 808. The molecule has 0 unspecified atom stereocenters. The van der Waals surface area contributed by atoms with Gasteiger partial charge < -0.3 is 9.47 Å². The average Bonchev–Trinajstić information content (AvgIpc) is 2.73. The van der Waals surface area contributed by atoms with E-state index in [1.807, 2.05) is 49.4 Å². The molecule has 0 atom stereocenters. The summed E-state index contributed by atoms with van der Waals surface area (Å²) in [4.78, 5) is 35.1. The lowest BCUT2D eigenvalue weighted by Gasteiger charge is -2.09. The number of benzene rings is 2. The molecule has 7 nitrogen and oxygen atoms in total. The molecule has 154 valence electrons. The van der Waals surface area contributed by atoms with E-state index in [-0.39, 0.29) is 19.4 Å². The van der Waals surface area contributed by atoms with Gasteiger partial charge in [-0.15, -0.1) is 0 Å². The first-order valence-electron chi connectivity index (χ1n) is 9.49. The summed E-state index contributed by atoms with van der Waals surface area (Å²) >= 11 is 0.